The predicted molar refractivity (Wildman–Crippen MR) is 97.7 cm³/mol. The van der Waals surface area contributed by atoms with E-state index in [0.29, 0.717) is 17.1 Å². The standard InChI is InChI=1S/C18H18N6O3/c1-12-6-7-16(13(2)8-12)20-18(26)21-17(25)10-27-15-5-3-4-14(9-15)24-11-19-22-23-24/h3-9,11H,10H2,1-2H3,(H2,20,21,25,26). The minimum Gasteiger partial charge on any atom is -0.484 e. The molecule has 9 nitrogen and oxygen atoms in total. The summed E-state index contributed by atoms with van der Waals surface area (Å²) in [6.07, 6.45) is 1.45. The van der Waals surface area contributed by atoms with Gasteiger partial charge < -0.3 is 10.1 Å². The summed E-state index contributed by atoms with van der Waals surface area (Å²) in [5.74, 6) is -0.113. The molecule has 3 aromatic rings. The Morgan fingerprint density at radius 3 is 2.74 bits per heavy atom. The summed E-state index contributed by atoms with van der Waals surface area (Å²) in [5.41, 5.74) is 3.33. The maximum atomic E-state index is 12.0. The first-order valence-electron chi connectivity index (χ1n) is 8.15. The van der Waals surface area contributed by atoms with Crippen LogP contribution in [0.3, 0.4) is 0 Å². The van der Waals surface area contributed by atoms with Crippen molar-refractivity contribution < 1.29 is 14.3 Å². The fourth-order valence-electron chi connectivity index (χ4n) is 2.41. The molecule has 1 heterocycles. The number of urea groups is 1. The van der Waals surface area contributed by atoms with E-state index in [-0.39, 0.29) is 6.61 Å². The van der Waals surface area contributed by atoms with Gasteiger partial charge in [0, 0.05) is 11.8 Å². The van der Waals surface area contributed by atoms with Crippen molar-refractivity contribution in [2.24, 2.45) is 0 Å². The fraction of sp³-hybridized carbons (Fsp3) is 0.167. The Morgan fingerprint density at radius 2 is 2.00 bits per heavy atom. The molecule has 0 spiro atoms. The van der Waals surface area contributed by atoms with E-state index in [1.165, 1.54) is 11.0 Å². The monoisotopic (exact) mass is 366 g/mol. The van der Waals surface area contributed by atoms with Crippen LogP contribution in [0.4, 0.5) is 10.5 Å². The number of carbonyl (C=O) groups is 2. The zero-order valence-corrected chi connectivity index (χ0v) is 14.8. The van der Waals surface area contributed by atoms with Crippen molar-refractivity contribution in [3.05, 3.63) is 59.9 Å². The van der Waals surface area contributed by atoms with Crippen LogP contribution >= 0.6 is 0 Å². The molecule has 0 atom stereocenters. The number of nitrogens with zero attached hydrogens (tertiary/aromatic N) is 4. The second kappa shape index (κ2) is 8.09. The predicted octanol–water partition coefficient (Wildman–Crippen LogP) is 2.01. The normalized spacial score (nSPS) is 10.3. The highest BCUT2D eigenvalue weighted by molar-refractivity contribution is 6.01. The molecule has 0 fully saturated rings. The molecule has 0 saturated heterocycles. The van der Waals surface area contributed by atoms with Gasteiger partial charge in [-0.2, -0.15) is 0 Å². The molecule has 0 bridgehead atoms. The van der Waals surface area contributed by atoms with E-state index in [9.17, 15) is 9.59 Å². The molecular formula is C18H18N6O3. The molecule has 3 amide bonds. The minimum atomic E-state index is -0.613. The van der Waals surface area contributed by atoms with Crippen LogP contribution in [0.1, 0.15) is 11.1 Å². The molecule has 0 unspecified atom stereocenters. The molecule has 3 rings (SSSR count). The molecule has 27 heavy (non-hydrogen) atoms. The number of ether oxygens (including phenoxy) is 1. The van der Waals surface area contributed by atoms with E-state index in [4.69, 9.17) is 4.74 Å². The van der Waals surface area contributed by atoms with Gasteiger partial charge in [-0.15, -0.1) is 5.10 Å². The molecular weight excluding hydrogens is 348 g/mol. The van der Waals surface area contributed by atoms with Crippen LogP contribution in [0, 0.1) is 13.8 Å². The van der Waals surface area contributed by atoms with E-state index in [2.05, 4.69) is 26.2 Å². The number of rotatable bonds is 5. The van der Waals surface area contributed by atoms with Gasteiger partial charge in [-0.1, -0.05) is 23.8 Å². The molecule has 0 aliphatic rings. The van der Waals surface area contributed by atoms with Gasteiger partial charge in [-0.3, -0.25) is 10.1 Å². The lowest BCUT2D eigenvalue weighted by Crippen LogP contribution is -2.37. The Balaban J connectivity index is 1.52. The molecule has 9 heteroatoms. The van der Waals surface area contributed by atoms with Gasteiger partial charge in [-0.25, -0.2) is 9.48 Å². The maximum absolute atomic E-state index is 12.0. The Morgan fingerprint density at radius 1 is 1.15 bits per heavy atom. The Labute approximate surface area is 155 Å². The quantitative estimate of drug-likeness (QED) is 0.714. The highest BCUT2D eigenvalue weighted by atomic mass is 16.5. The summed E-state index contributed by atoms with van der Waals surface area (Å²) in [6.45, 7) is 3.54. The first-order valence-corrected chi connectivity index (χ1v) is 8.15. The van der Waals surface area contributed by atoms with Crippen LogP contribution < -0.4 is 15.4 Å². The molecule has 138 valence electrons. The van der Waals surface area contributed by atoms with E-state index in [1.807, 2.05) is 26.0 Å². The molecule has 0 aliphatic heterocycles. The number of aromatic nitrogens is 4. The number of hydrogen-bond donors (Lipinski definition) is 2. The summed E-state index contributed by atoms with van der Waals surface area (Å²) in [7, 11) is 0. The van der Waals surface area contributed by atoms with Crippen LogP contribution in [0.25, 0.3) is 5.69 Å². The number of aryl methyl sites for hydroxylation is 2. The lowest BCUT2D eigenvalue weighted by Gasteiger charge is -2.11. The second-order valence-corrected chi connectivity index (χ2v) is 5.86. The van der Waals surface area contributed by atoms with Crippen LogP contribution in [0.2, 0.25) is 0 Å². The molecule has 0 saturated carbocycles. The van der Waals surface area contributed by atoms with Gasteiger partial charge in [0.1, 0.15) is 12.1 Å². The summed E-state index contributed by atoms with van der Waals surface area (Å²) in [6, 6.07) is 11.9. The number of hydrogen-bond acceptors (Lipinski definition) is 6. The molecule has 2 N–H and O–H groups in total. The average molecular weight is 366 g/mol. The van der Waals surface area contributed by atoms with Crippen molar-refractivity contribution in [3.8, 4) is 11.4 Å². The smallest absolute Gasteiger partial charge is 0.325 e. The third-order valence-electron chi connectivity index (χ3n) is 3.68. The lowest BCUT2D eigenvalue weighted by atomic mass is 10.1. The summed E-state index contributed by atoms with van der Waals surface area (Å²) in [5, 5.41) is 15.8. The van der Waals surface area contributed by atoms with E-state index in [1.54, 1.807) is 30.3 Å². The number of carbonyl (C=O) groups excluding carboxylic acids is 2. The highest BCUT2D eigenvalue weighted by Crippen LogP contribution is 2.16. The lowest BCUT2D eigenvalue weighted by molar-refractivity contribution is -0.121. The SMILES string of the molecule is Cc1ccc(NC(=O)NC(=O)COc2cccc(-n3cnnn3)c2)c(C)c1. The third-order valence-corrected chi connectivity index (χ3v) is 3.68. The van der Waals surface area contributed by atoms with Gasteiger partial charge >= 0.3 is 6.03 Å². The fourth-order valence-corrected chi connectivity index (χ4v) is 2.41. The van der Waals surface area contributed by atoms with Crippen molar-refractivity contribution in [2.75, 3.05) is 11.9 Å². The van der Waals surface area contributed by atoms with Crippen molar-refractivity contribution in [1.29, 1.82) is 0 Å². The topological polar surface area (TPSA) is 111 Å². The summed E-state index contributed by atoms with van der Waals surface area (Å²) >= 11 is 0. The summed E-state index contributed by atoms with van der Waals surface area (Å²) < 4.78 is 6.89. The number of amides is 3. The first kappa shape index (κ1) is 18.1. The number of imide groups is 1. The number of nitrogens with one attached hydrogen (secondary N) is 2. The van der Waals surface area contributed by atoms with Crippen LogP contribution in [0.15, 0.2) is 48.8 Å². The first-order chi connectivity index (χ1) is 13.0. The van der Waals surface area contributed by atoms with E-state index >= 15 is 0 Å². The zero-order valence-electron chi connectivity index (χ0n) is 14.8. The zero-order chi connectivity index (χ0) is 19.2. The number of benzene rings is 2. The van der Waals surface area contributed by atoms with Crippen molar-refractivity contribution in [3.63, 3.8) is 0 Å². The molecule has 1 aromatic heterocycles. The maximum Gasteiger partial charge on any atom is 0.325 e. The second-order valence-electron chi connectivity index (χ2n) is 5.86. The van der Waals surface area contributed by atoms with E-state index < -0.39 is 11.9 Å². The largest absolute Gasteiger partial charge is 0.484 e. The van der Waals surface area contributed by atoms with Gasteiger partial charge in [-0.05, 0) is 48.0 Å². The Bertz CT molecular complexity index is 955. The van der Waals surface area contributed by atoms with Crippen LogP contribution in [-0.4, -0.2) is 38.8 Å². The average Bonchev–Trinajstić information content (AvgIpc) is 3.17. The van der Waals surface area contributed by atoms with Gasteiger partial charge in [0.15, 0.2) is 6.61 Å². The van der Waals surface area contributed by atoms with Crippen LogP contribution in [-0.2, 0) is 4.79 Å². The van der Waals surface area contributed by atoms with E-state index in [0.717, 1.165) is 11.1 Å². The number of anilines is 1. The van der Waals surface area contributed by atoms with Crippen molar-refractivity contribution in [1.82, 2.24) is 25.5 Å². The molecule has 2 aromatic carbocycles. The van der Waals surface area contributed by atoms with Crippen molar-refractivity contribution in [2.45, 2.75) is 13.8 Å². The molecule has 0 radical (unpaired) electrons. The van der Waals surface area contributed by atoms with Gasteiger partial charge in [0.05, 0.1) is 5.69 Å². The Hall–Kier alpha value is -3.75. The molecule has 0 aliphatic carbocycles. The highest BCUT2D eigenvalue weighted by Gasteiger charge is 2.10. The minimum absolute atomic E-state index is 0.306. The third kappa shape index (κ3) is 4.88. The number of tetrazole rings is 1. The van der Waals surface area contributed by atoms with Gasteiger partial charge in [0.2, 0.25) is 0 Å². The van der Waals surface area contributed by atoms with Crippen molar-refractivity contribution >= 4 is 17.6 Å². The summed E-state index contributed by atoms with van der Waals surface area (Å²) in [4.78, 5) is 23.9. The Kier molecular flexibility index (Phi) is 5.41. The van der Waals surface area contributed by atoms with Crippen LogP contribution in [0.5, 0.6) is 5.75 Å². The van der Waals surface area contributed by atoms with Gasteiger partial charge in [0.25, 0.3) is 5.91 Å².